The molecule has 9 nitrogen and oxygen atoms in total. The van der Waals surface area contributed by atoms with Crippen molar-refractivity contribution in [3.8, 4) is 11.3 Å². The van der Waals surface area contributed by atoms with E-state index < -0.39 is 6.04 Å². The molecular formula is C25H33N7O2. The van der Waals surface area contributed by atoms with E-state index in [2.05, 4.69) is 32.7 Å². The third-order valence-electron chi connectivity index (χ3n) is 6.76. The van der Waals surface area contributed by atoms with Crippen LogP contribution >= 0.6 is 0 Å². The number of nitrogens with one attached hydrogen (secondary N) is 2. The SMILES string of the molecule is CCn1nccc1C(=O)NC(C(=O)Nc1ccc(-c2c(C)cnn2C)cn1)C1CCC(C)CC1. The van der Waals surface area contributed by atoms with E-state index >= 15 is 0 Å². The normalized spacial score (nSPS) is 18.9. The molecule has 1 saturated carbocycles. The first-order valence-corrected chi connectivity index (χ1v) is 12.0. The van der Waals surface area contributed by atoms with Crippen LogP contribution < -0.4 is 10.6 Å². The maximum Gasteiger partial charge on any atom is 0.270 e. The number of aryl methyl sites for hydroxylation is 3. The Kier molecular flexibility index (Phi) is 7.09. The topological polar surface area (TPSA) is 107 Å². The lowest BCUT2D eigenvalue weighted by atomic mass is 9.79. The maximum absolute atomic E-state index is 13.4. The van der Waals surface area contributed by atoms with Gasteiger partial charge in [-0.1, -0.05) is 19.8 Å². The van der Waals surface area contributed by atoms with E-state index in [0.717, 1.165) is 42.5 Å². The lowest BCUT2D eigenvalue weighted by Gasteiger charge is -2.32. The van der Waals surface area contributed by atoms with E-state index in [0.29, 0.717) is 24.0 Å². The fourth-order valence-electron chi connectivity index (χ4n) is 4.78. The second-order valence-corrected chi connectivity index (χ2v) is 9.22. The highest BCUT2D eigenvalue weighted by Gasteiger charge is 2.33. The molecule has 1 aliphatic rings. The van der Waals surface area contributed by atoms with Gasteiger partial charge in [-0.2, -0.15) is 10.2 Å². The summed E-state index contributed by atoms with van der Waals surface area (Å²) in [6, 6.07) is 4.74. The van der Waals surface area contributed by atoms with Crippen LogP contribution in [0, 0.1) is 18.8 Å². The molecule has 0 saturated heterocycles. The van der Waals surface area contributed by atoms with Crippen molar-refractivity contribution in [2.45, 2.75) is 59.0 Å². The zero-order valence-corrected chi connectivity index (χ0v) is 20.3. The van der Waals surface area contributed by atoms with Gasteiger partial charge in [0.2, 0.25) is 5.91 Å². The Balaban J connectivity index is 1.51. The molecule has 3 aromatic heterocycles. The van der Waals surface area contributed by atoms with Crippen LogP contribution in [0.15, 0.2) is 36.8 Å². The van der Waals surface area contributed by atoms with Crippen molar-refractivity contribution in [1.29, 1.82) is 0 Å². The highest BCUT2D eigenvalue weighted by molar-refractivity contribution is 6.00. The smallest absolute Gasteiger partial charge is 0.270 e. The minimum atomic E-state index is -0.638. The first-order chi connectivity index (χ1) is 16.4. The number of hydrogen-bond donors (Lipinski definition) is 2. The van der Waals surface area contributed by atoms with E-state index in [1.54, 1.807) is 33.9 Å². The Morgan fingerprint density at radius 1 is 1.12 bits per heavy atom. The van der Waals surface area contributed by atoms with Crippen LogP contribution in [0.25, 0.3) is 11.3 Å². The van der Waals surface area contributed by atoms with Gasteiger partial charge in [-0.05, 0) is 62.3 Å². The highest BCUT2D eigenvalue weighted by atomic mass is 16.2. The van der Waals surface area contributed by atoms with E-state index in [1.165, 1.54) is 0 Å². The Bertz CT molecular complexity index is 1120. The van der Waals surface area contributed by atoms with Crippen LogP contribution in [0.2, 0.25) is 0 Å². The molecule has 0 radical (unpaired) electrons. The molecule has 1 atom stereocenters. The van der Waals surface area contributed by atoms with Crippen LogP contribution in [-0.2, 0) is 18.4 Å². The van der Waals surface area contributed by atoms with Crippen molar-refractivity contribution >= 4 is 17.6 Å². The standard InChI is InChI=1S/C25H33N7O2/c1-5-32-20(12-13-27-32)24(33)30-22(18-8-6-16(2)7-9-18)25(34)29-21-11-10-19(15-26-21)23-17(3)14-28-31(23)4/h10-16,18,22H,5-9H2,1-4H3,(H,30,33)(H,26,29,34). The van der Waals surface area contributed by atoms with Crippen LogP contribution in [0.1, 0.15) is 55.6 Å². The molecule has 1 unspecified atom stereocenters. The Morgan fingerprint density at radius 2 is 1.88 bits per heavy atom. The van der Waals surface area contributed by atoms with Crippen molar-refractivity contribution in [2.75, 3.05) is 5.32 Å². The van der Waals surface area contributed by atoms with Gasteiger partial charge in [-0.25, -0.2) is 4.98 Å². The van der Waals surface area contributed by atoms with Gasteiger partial charge in [0.25, 0.3) is 5.91 Å². The predicted molar refractivity (Wildman–Crippen MR) is 130 cm³/mol. The van der Waals surface area contributed by atoms with Crippen molar-refractivity contribution < 1.29 is 9.59 Å². The average molecular weight is 464 g/mol. The quantitative estimate of drug-likeness (QED) is 0.557. The fourth-order valence-corrected chi connectivity index (χ4v) is 4.78. The van der Waals surface area contributed by atoms with E-state index in [4.69, 9.17) is 0 Å². The van der Waals surface area contributed by atoms with Gasteiger partial charge < -0.3 is 10.6 Å². The van der Waals surface area contributed by atoms with Crippen LogP contribution in [-0.4, -0.2) is 42.4 Å². The molecule has 1 fully saturated rings. The van der Waals surface area contributed by atoms with Gasteiger partial charge in [0.15, 0.2) is 0 Å². The first kappa shape index (κ1) is 23.7. The summed E-state index contributed by atoms with van der Waals surface area (Å²) in [4.78, 5) is 30.8. The Morgan fingerprint density at radius 3 is 2.50 bits per heavy atom. The molecule has 3 aromatic rings. The lowest BCUT2D eigenvalue weighted by molar-refractivity contribution is -0.119. The number of carbonyl (C=O) groups is 2. The highest BCUT2D eigenvalue weighted by Crippen LogP contribution is 2.31. The number of aromatic nitrogens is 5. The summed E-state index contributed by atoms with van der Waals surface area (Å²) in [7, 11) is 1.89. The zero-order chi connectivity index (χ0) is 24.2. The van der Waals surface area contributed by atoms with Gasteiger partial charge in [-0.15, -0.1) is 0 Å². The molecule has 2 amide bonds. The van der Waals surface area contributed by atoms with Crippen molar-refractivity contribution in [3.05, 3.63) is 48.0 Å². The summed E-state index contributed by atoms with van der Waals surface area (Å²) in [5, 5.41) is 14.4. The molecule has 0 aliphatic heterocycles. The molecule has 0 spiro atoms. The number of amides is 2. The Hall–Kier alpha value is -3.49. The fraction of sp³-hybridized carbons (Fsp3) is 0.480. The molecule has 4 rings (SSSR count). The molecule has 9 heteroatoms. The molecule has 0 bridgehead atoms. The second kappa shape index (κ2) is 10.2. The van der Waals surface area contributed by atoms with Gasteiger partial charge in [0.05, 0.1) is 11.9 Å². The van der Waals surface area contributed by atoms with Crippen molar-refractivity contribution in [2.24, 2.45) is 18.9 Å². The molecule has 180 valence electrons. The van der Waals surface area contributed by atoms with Crippen LogP contribution in [0.4, 0.5) is 5.82 Å². The summed E-state index contributed by atoms with van der Waals surface area (Å²) in [6.07, 6.45) is 9.05. The van der Waals surface area contributed by atoms with E-state index in [9.17, 15) is 9.59 Å². The summed E-state index contributed by atoms with van der Waals surface area (Å²) in [5.41, 5.74) is 3.43. The predicted octanol–water partition coefficient (Wildman–Crippen LogP) is 3.57. The molecular weight excluding hydrogens is 430 g/mol. The summed E-state index contributed by atoms with van der Waals surface area (Å²) < 4.78 is 3.44. The van der Waals surface area contributed by atoms with E-state index in [1.807, 2.05) is 33.2 Å². The molecule has 0 aromatic carbocycles. The average Bonchev–Trinajstić information content (AvgIpc) is 3.45. The number of pyridine rings is 1. The number of nitrogens with zero attached hydrogens (tertiary/aromatic N) is 5. The number of hydrogen-bond acceptors (Lipinski definition) is 5. The third-order valence-corrected chi connectivity index (χ3v) is 6.76. The summed E-state index contributed by atoms with van der Waals surface area (Å²) in [5.74, 6) is 0.646. The van der Waals surface area contributed by atoms with E-state index in [-0.39, 0.29) is 17.7 Å². The van der Waals surface area contributed by atoms with Crippen LogP contribution in [0.3, 0.4) is 0 Å². The molecule has 2 N–H and O–H groups in total. The number of anilines is 1. The monoisotopic (exact) mass is 463 g/mol. The minimum Gasteiger partial charge on any atom is -0.339 e. The lowest BCUT2D eigenvalue weighted by Crippen LogP contribution is -2.49. The second-order valence-electron chi connectivity index (χ2n) is 9.22. The largest absolute Gasteiger partial charge is 0.339 e. The summed E-state index contributed by atoms with van der Waals surface area (Å²) in [6.45, 7) is 6.75. The van der Waals surface area contributed by atoms with Crippen LogP contribution in [0.5, 0.6) is 0 Å². The third kappa shape index (κ3) is 5.03. The first-order valence-electron chi connectivity index (χ1n) is 12.0. The minimum absolute atomic E-state index is 0.0783. The Labute approximate surface area is 200 Å². The van der Waals surface area contributed by atoms with Gasteiger partial charge in [0.1, 0.15) is 17.6 Å². The van der Waals surface area contributed by atoms with Gasteiger partial charge >= 0.3 is 0 Å². The van der Waals surface area contributed by atoms with Gasteiger partial charge in [-0.3, -0.25) is 19.0 Å². The van der Waals surface area contributed by atoms with Gasteiger partial charge in [0, 0.05) is 31.5 Å². The number of rotatable bonds is 7. The molecule has 3 heterocycles. The zero-order valence-electron chi connectivity index (χ0n) is 20.3. The maximum atomic E-state index is 13.4. The number of carbonyl (C=O) groups excluding carboxylic acids is 2. The van der Waals surface area contributed by atoms with Crippen molar-refractivity contribution in [1.82, 2.24) is 29.9 Å². The molecule has 1 aliphatic carbocycles. The van der Waals surface area contributed by atoms with Crippen molar-refractivity contribution in [3.63, 3.8) is 0 Å². The molecule has 34 heavy (non-hydrogen) atoms. The summed E-state index contributed by atoms with van der Waals surface area (Å²) >= 11 is 0.